The number of rotatable bonds is 1. The smallest absolute Gasteiger partial charge is 0.255 e. The highest BCUT2D eigenvalue weighted by molar-refractivity contribution is 7.10. The number of amides is 1. The van der Waals surface area contributed by atoms with Crippen molar-refractivity contribution in [1.82, 2.24) is 9.88 Å². The Balaban J connectivity index is 1.80. The Bertz CT molecular complexity index is 957. The van der Waals surface area contributed by atoms with Crippen LogP contribution in [-0.4, -0.2) is 22.3 Å². The average Bonchev–Trinajstić information content (AvgIpc) is 3.03. The van der Waals surface area contributed by atoms with Crippen molar-refractivity contribution in [2.75, 3.05) is 6.54 Å². The molecule has 23 heavy (non-hydrogen) atoms. The van der Waals surface area contributed by atoms with Gasteiger partial charge >= 0.3 is 0 Å². The van der Waals surface area contributed by atoms with Gasteiger partial charge in [-0.1, -0.05) is 18.2 Å². The van der Waals surface area contributed by atoms with Crippen LogP contribution in [0.25, 0.3) is 10.9 Å². The second-order valence-electron chi connectivity index (χ2n) is 5.82. The lowest BCUT2D eigenvalue weighted by Gasteiger charge is -2.34. The van der Waals surface area contributed by atoms with E-state index in [1.807, 2.05) is 29.2 Å². The summed E-state index contributed by atoms with van der Waals surface area (Å²) >= 11 is 1.75. The summed E-state index contributed by atoms with van der Waals surface area (Å²) in [5, 5.41) is 2.87. The predicted molar refractivity (Wildman–Crippen MR) is 92.0 cm³/mol. The SMILES string of the molecule is C[C@@H]1c2ccsc2CCN1C(=O)c1cc(=O)[nH]c2ccccc12. The molecule has 1 amide bonds. The molecule has 3 heterocycles. The zero-order valence-corrected chi connectivity index (χ0v) is 13.5. The Hall–Kier alpha value is -2.40. The number of aromatic nitrogens is 1. The van der Waals surface area contributed by atoms with E-state index in [1.165, 1.54) is 16.5 Å². The monoisotopic (exact) mass is 324 g/mol. The van der Waals surface area contributed by atoms with Gasteiger partial charge in [0.15, 0.2) is 0 Å². The molecule has 0 radical (unpaired) electrons. The Morgan fingerprint density at radius 1 is 1.30 bits per heavy atom. The summed E-state index contributed by atoms with van der Waals surface area (Å²) in [6, 6.07) is 11.0. The average molecular weight is 324 g/mol. The first-order valence-electron chi connectivity index (χ1n) is 7.64. The van der Waals surface area contributed by atoms with Crippen LogP contribution < -0.4 is 5.56 Å². The van der Waals surface area contributed by atoms with Gasteiger partial charge in [0.05, 0.1) is 11.6 Å². The maximum Gasteiger partial charge on any atom is 0.255 e. The van der Waals surface area contributed by atoms with Crippen molar-refractivity contribution in [2.45, 2.75) is 19.4 Å². The van der Waals surface area contributed by atoms with Crippen molar-refractivity contribution >= 4 is 28.1 Å². The van der Waals surface area contributed by atoms with Crippen molar-refractivity contribution in [3.63, 3.8) is 0 Å². The van der Waals surface area contributed by atoms with Gasteiger partial charge in [0.2, 0.25) is 5.56 Å². The van der Waals surface area contributed by atoms with Gasteiger partial charge in [-0.3, -0.25) is 9.59 Å². The molecule has 0 aliphatic carbocycles. The number of hydrogen-bond acceptors (Lipinski definition) is 3. The maximum atomic E-state index is 13.1. The van der Waals surface area contributed by atoms with Crippen LogP contribution in [0, 0.1) is 0 Å². The highest BCUT2D eigenvalue weighted by Gasteiger charge is 2.29. The molecule has 0 unspecified atom stereocenters. The standard InChI is InChI=1S/C18H16N2O2S/c1-11-12-7-9-23-16(12)6-8-20(11)18(22)14-10-17(21)19-15-5-3-2-4-13(14)15/h2-5,7,9-11H,6,8H2,1H3,(H,19,21)/t11-/m1/s1. The lowest BCUT2D eigenvalue weighted by molar-refractivity contribution is 0.0681. The third kappa shape index (κ3) is 2.28. The summed E-state index contributed by atoms with van der Waals surface area (Å²) in [6.45, 7) is 2.74. The minimum absolute atomic E-state index is 0.0375. The highest BCUT2D eigenvalue weighted by Crippen LogP contribution is 2.34. The molecule has 4 rings (SSSR count). The van der Waals surface area contributed by atoms with E-state index in [4.69, 9.17) is 0 Å². The summed E-state index contributed by atoms with van der Waals surface area (Å²) in [7, 11) is 0. The summed E-state index contributed by atoms with van der Waals surface area (Å²) in [6.07, 6.45) is 0.879. The van der Waals surface area contributed by atoms with Gasteiger partial charge in [-0.25, -0.2) is 0 Å². The molecule has 0 saturated carbocycles. The molecule has 1 aliphatic rings. The fraction of sp³-hybridized carbons (Fsp3) is 0.222. The number of carbonyl (C=O) groups excluding carboxylic acids is 1. The Labute approximate surface area is 137 Å². The molecule has 1 N–H and O–H groups in total. The molecular weight excluding hydrogens is 308 g/mol. The van der Waals surface area contributed by atoms with E-state index in [2.05, 4.69) is 23.4 Å². The number of benzene rings is 1. The fourth-order valence-corrected chi connectivity index (χ4v) is 4.29. The van der Waals surface area contributed by atoms with E-state index < -0.39 is 0 Å². The van der Waals surface area contributed by atoms with Crippen molar-refractivity contribution in [3.8, 4) is 0 Å². The van der Waals surface area contributed by atoms with E-state index in [0.29, 0.717) is 17.6 Å². The Morgan fingerprint density at radius 2 is 2.13 bits per heavy atom. The second kappa shape index (κ2) is 5.35. The number of fused-ring (bicyclic) bond motifs is 2. The first-order chi connectivity index (χ1) is 11.1. The highest BCUT2D eigenvalue weighted by atomic mass is 32.1. The van der Waals surface area contributed by atoms with Crippen LogP contribution in [0.2, 0.25) is 0 Å². The van der Waals surface area contributed by atoms with Gasteiger partial charge in [0.25, 0.3) is 5.91 Å². The zero-order valence-electron chi connectivity index (χ0n) is 12.7. The molecule has 0 fully saturated rings. The fourth-order valence-electron chi connectivity index (χ4n) is 3.32. The predicted octanol–water partition coefficient (Wildman–Crippen LogP) is 3.35. The van der Waals surface area contributed by atoms with Gasteiger partial charge < -0.3 is 9.88 Å². The second-order valence-corrected chi connectivity index (χ2v) is 6.82. The Kier molecular flexibility index (Phi) is 3.31. The largest absolute Gasteiger partial charge is 0.331 e. The molecule has 1 atom stereocenters. The number of pyridine rings is 1. The first kappa shape index (κ1) is 14.2. The van der Waals surface area contributed by atoms with Crippen LogP contribution in [-0.2, 0) is 6.42 Å². The molecule has 0 spiro atoms. The van der Waals surface area contributed by atoms with Gasteiger partial charge in [-0.15, -0.1) is 11.3 Å². The van der Waals surface area contributed by atoms with Crippen LogP contribution in [0.5, 0.6) is 0 Å². The molecule has 5 heteroatoms. The molecule has 0 saturated heterocycles. The lowest BCUT2D eigenvalue weighted by atomic mass is 9.99. The molecule has 116 valence electrons. The van der Waals surface area contributed by atoms with Crippen molar-refractivity contribution in [2.24, 2.45) is 0 Å². The number of para-hydroxylation sites is 1. The summed E-state index contributed by atoms with van der Waals surface area (Å²) in [4.78, 5) is 31.0. The number of nitrogens with zero attached hydrogens (tertiary/aromatic N) is 1. The maximum absolute atomic E-state index is 13.1. The van der Waals surface area contributed by atoms with Crippen LogP contribution in [0.15, 0.2) is 46.6 Å². The van der Waals surface area contributed by atoms with E-state index in [-0.39, 0.29) is 17.5 Å². The van der Waals surface area contributed by atoms with Crippen molar-refractivity contribution in [3.05, 3.63) is 68.1 Å². The van der Waals surface area contributed by atoms with Crippen LogP contribution in [0.4, 0.5) is 0 Å². The van der Waals surface area contributed by atoms with E-state index in [9.17, 15) is 9.59 Å². The molecule has 2 aromatic heterocycles. The van der Waals surface area contributed by atoms with Gasteiger partial charge in [-0.2, -0.15) is 0 Å². The summed E-state index contributed by atoms with van der Waals surface area (Å²) in [5.41, 5.74) is 2.16. The van der Waals surface area contributed by atoms with Gasteiger partial charge in [0, 0.05) is 28.4 Å². The molecular formula is C18H16N2O2S. The number of aromatic amines is 1. The molecule has 1 aliphatic heterocycles. The Morgan fingerprint density at radius 3 is 3.00 bits per heavy atom. The third-order valence-electron chi connectivity index (χ3n) is 4.52. The normalized spacial score (nSPS) is 17.3. The van der Waals surface area contributed by atoms with Crippen molar-refractivity contribution in [1.29, 1.82) is 0 Å². The summed E-state index contributed by atoms with van der Waals surface area (Å²) in [5.74, 6) is -0.0725. The zero-order chi connectivity index (χ0) is 16.0. The van der Waals surface area contributed by atoms with Gasteiger partial charge in [0.1, 0.15) is 0 Å². The number of hydrogen-bond donors (Lipinski definition) is 1. The van der Waals surface area contributed by atoms with Gasteiger partial charge in [-0.05, 0) is 36.4 Å². The molecule has 1 aromatic carbocycles. The minimum Gasteiger partial charge on any atom is -0.331 e. The first-order valence-corrected chi connectivity index (χ1v) is 8.52. The van der Waals surface area contributed by atoms with Crippen LogP contribution in [0.1, 0.15) is 33.8 Å². The number of thiophene rings is 1. The van der Waals surface area contributed by atoms with Crippen LogP contribution in [0.3, 0.4) is 0 Å². The third-order valence-corrected chi connectivity index (χ3v) is 5.52. The topological polar surface area (TPSA) is 53.2 Å². The minimum atomic E-state index is -0.243. The number of carbonyl (C=O) groups is 1. The molecule has 0 bridgehead atoms. The lowest BCUT2D eigenvalue weighted by Crippen LogP contribution is -2.38. The van der Waals surface area contributed by atoms with Crippen LogP contribution >= 0.6 is 11.3 Å². The number of nitrogens with one attached hydrogen (secondary N) is 1. The molecule has 3 aromatic rings. The number of H-pyrrole nitrogens is 1. The van der Waals surface area contributed by atoms with E-state index in [1.54, 1.807) is 11.3 Å². The van der Waals surface area contributed by atoms with Crippen molar-refractivity contribution < 1.29 is 4.79 Å². The summed E-state index contributed by atoms with van der Waals surface area (Å²) < 4.78 is 0. The van der Waals surface area contributed by atoms with E-state index >= 15 is 0 Å². The molecule has 4 nitrogen and oxygen atoms in total. The van der Waals surface area contributed by atoms with E-state index in [0.717, 1.165) is 11.8 Å². The quantitative estimate of drug-likeness (QED) is 0.746.